The van der Waals surface area contributed by atoms with Crippen molar-refractivity contribution in [3.8, 4) is 6.07 Å². The third-order valence-electron chi connectivity index (χ3n) is 4.42. The number of barbiturate groups is 1. The number of nitrogens with zero attached hydrogens (tertiary/aromatic N) is 4. The van der Waals surface area contributed by atoms with Crippen molar-refractivity contribution in [1.29, 1.82) is 5.26 Å². The van der Waals surface area contributed by atoms with Crippen molar-refractivity contribution in [3.63, 3.8) is 0 Å². The van der Waals surface area contributed by atoms with Gasteiger partial charge in [0.25, 0.3) is 11.8 Å². The Kier molecular flexibility index (Phi) is 11.3. The quantitative estimate of drug-likeness (QED) is 0.487. The molecule has 0 aromatic carbocycles. The summed E-state index contributed by atoms with van der Waals surface area (Å²) in [6.45, 7) is 11.9. The Balaban J connectivity index is 0.000000887. The van der Waals surface area contributed by atoms with Gasteiger partial charge in [-0.2, -0.15) is 5.26 Å². The lowest BCUT2D eigenvalue weighted by molar-refractivity contribution is -0.134. The normalized spacial score (nSPS) is 14.7. The standard InChI is InChI=1S/C14H15N3O4.C6H15N/c1-4-9(11(18)7-8-15)5-6-10-12(19)16(2)14(21)17(3)13(10)20;1-4-7(5-2)6-3/h5-6H,4,7H2,1-3H3;4-6H2,1-3H3. The van der Waals surface area contributed by atoms with E-state index in [9.17, 15) is 19.2 Å². The fourth-order valence-corrected chi connectivity index (χ4v) is 2.44. The number of urea groups is 1. The number of nitriles is 1. The van der Waals surface area contributed by atoms with Gasteiger partial charge in [-0.05, 0) is 37.7 Å². The molecule has 0 N–H and O–H groups in total. The Labute approximate surface area is 167 Å². The molecule has 0 spiro atoms. The lowest BCUT2D eigenvalue weighted by atomic mass is 10.0. The van der Waals surface area contributed by atoms with Gasteiger partial charge in [0.05, 0.1) is 12.5 Å². The van der Waals surface area contributed by atoms with Crippen molar-refractivity contribution >= 4 is 23.6 Å². The predicted octanol–water partition coefficient (Wildman–Crippen LogP) is 2.13. The highest BCUT2D eigenvalue weighted by Gasteiger charge is 2.37. The zero-order chi connectivity index (χ0) is 21.9. The number of rotatable bonds is 7. The third-order valence-corrected chi connectivity index (χ3v) is 4.42. The smallest absolute Gasteiger partial charge is 0.304 e. The molecule has 1 fully saturated rings. The van der Waals surface area contributed by atoms with E-state index < -0.39 is 17.8 Å². The number of hydrogen-bond acceptors (Lipinski definition) is 6. The van der Waals surface area contributed by atoms with Gasteiger partial charge in [0.15, 0.2) is 5.78 Å². The van der Waals surface area contributed by atoms with Gasteiger partial charge in [-0.25, -0.2) is 4.79 Å². The van der Waals surface area contributed by atoms with Crippen LogP contribution in [0, 0.1) is 11.3 Å². The van der Waals surface area contributed by atoms with E-state index in [1.165, 1.54) is 45.9 Å². The first kappa shape index (κ1) is 25.2. The van der Waals surface area contributed by atoms with Gasteiger partial charge in [0.1, 0.15) is 5.57 Å². The summed E-state index contributed by atoms with van der Waals surface area (Å²) >= 11 is 0. The summed E-state index contributed by atoms with van der Waals surface area (Å²) in [5, 5.41) is 8.51. The van der Waals surface area contributed by atoms with Crippen LogP contribution in [0.25, 0.3) is 0 Å². The lowest BCUT2D eigenvalue weighted by Gasteiger charge is -2.28. The van der Waals surface area contributed by atoms with E-state index in [4.69, 9.17) is 5.26 Å². The molecule has 1 heterocycles. The summed E-state index contributed by atoms with van der Waals surface area (Å²) in [5.74, 6) is -1.80. The number of likely N-dealkylation sites (N-methyl/N-ethyl adjacent to an activating group) is 2. The van der Waals surface area contributed by atoms with Gasteiger partial charge in [0, 0.05) is 14.1 Å². The Morgan fingerprint density at radius 3 is 1.79 bits per heavy atom. The van der Waals surface area contributed by atoms with Crippen LogP contribution in [0.15, 0.2) is 23.3 Å². The van der Waals surface area contributed by atoms with Crippen molar-refractivity contribution in [2.75, 3.05) is 33.7 Å². The molecule has 1 aliphatic rings. The molecule has 0 radical (unpaired) electrons. The monoisotopic (exact) mass is 390 g/mol. The summed E-state index contributed by atoms with van der Waals surface area (Å²) < 4.78 is 0. The molecular formula is C20H30N4O4. The number of carbonyl (C=O) groups excluding carboxylic acids is 4. The molecule has 0 aromatic rings. The predicted molar refractivity (Wildman–Crippen MR) is 106 cm³/mol. The first-order valence-corrected chi connectivity index (χ1v) is 9.33. The van der Waals surface area contributed by atoms with Crippen LogP contribution >= 0.6 is 0 Å². The van der Waals surface area contributed by atoms with Crippen LogP contribution in [0.3, 0.4) is 0 Å². The molecule has 1 aliphatic heterocycles. The SMILES string of the molecule is CCC(=CC=C1C(=O)N(C)C(=O)N(C)C1=O)C(=O)CC#N.CCN(CC)CC. The first-order valence-electron chi connectivity index (χ1n) is 9.33. The zero-order valence-corrected chi connectivity index (χ0v) is 17.6. The maximum absolute atomic E-state index is 11.9. The van der Waals surface area contributed by atoms with E-state index >= 15 is 0 Å². The molecule has 4 amide bonds. The average molecular weight is 390 g/mol. The van der Waals surface area contributed by atoms with E-state index in [-0.39, 0.29) is 17.8 Å². The second-order valence-corrected chi connectivity index (χ2v) is 6.01. The molecule has 0 unspecified atom stereocenters. The number of amides is 4. The summed E-state index contributed by atoms with van der Waals surface area (Å²) in [7, 11) is 2.54. The van der Waals surface area contributed by atoms with E-state index in [1.54, 1.807) is 13.0 Å². The van der Waals surface area contributed by atoms with Gasteiger partial charge in [0.2, 0.25) is 0 Å². The second kappa shape index (κ2) is 12.6. The fraction of sp³-hybridized carbons (Fsp3) is 0.550. The van der Waals surface area contributed by atoms with Crippen molar-refractivity contribution < 1.29 is 19.2 Å². The van der Waals surface area contributed by atoms with Crippen molar-refractivity contribution in [2.24, 2.45) is 0 Å². The number of imide groups is 2. The molecule has 0 bridgehead atoms. The maximum atomic E-state index is 11.9. The minimum Gasteiger partial charge on any atom is -0.304 e. The highest BCUT2D eigenvalue weighted by atomic mass is 16.2. The highest BCUT2D eigenvalue weighted by molar-refractivity contribution is 6.28. The molecule has 0 atom stereocenters. The summed E-state index contributed by atoms with van der Waals surface area (Å²) in [4.78, 5) is 51.0. The summed E-state index contributed by atoms with van der Waals surface area (Å²) in [6.07, 6.45) is 2.68. The van der Waals surface area contributed by atoms with E-state index in [2.05, 4.69) is 25.7 Å². The van der Waals surface area contributed by atoms with Gasteiger partial charge < -0.3 is 4.90 Å². The molecule has 154 valence electrons. The van der Waals surface area contributed by atoms with E-state index in [0.29, 0.717) is 12.0 Å². The Morgan fingerprint density at radius 1 is 1.00 bits per heavy atom. The van der Waals surface area contributed by atoms with Gasteiger partial charge >= 0.3 is 6.03 Å². The Morgan fingerprint density at radius 2 is 1.46 bits per heavy atom. The largest absolute Gasteiger partial charge is 0.333 e. The van der Waals surface area contributed by atoms with Crippen LogP contribution in [0.2, 0.25) is 0 Å². The molecular weight excluding hydrogens is 360 g/mol. The molecule has 1 rings (SSSR count). The number of ketones is 1. The van der Waals surface area contributed by atoms with E-state index in [1.807, 2.05) is 0 Å². The average Bonchev–Trinajstić information content (AvgIpc) is 2.69. The van der Waals surface area contributed by atoms with Crippen molar-refractivity contribution in [3.05, 3.63) is 23.3 Å². The van der Waals surface area contributed by atoms with Crippen LogP contribution in [-0.2, 0) is 14.4 Å². The molecule has 0 aliphatic carbocycles. The van der Waals surface area contributed by atoms with Crippen LogP contribution in [0.1, 0.15) is 40.5 Å². The topological polar surface area (TPSA) is 102 Å². The summed E-state index contributed by atoms with van der Waals surface area (Å²) in [6, 6.07) is 1.05. The molecule has 28 heavy (non-hydrogen) atoms. The van der Waals surface area contributed by atoms with Gasteiger partial charge in [-0.1, -0.05) is 33.8 Å². The fourth-order valence-electron chi connectivity index (χ4n) is 2.44. The van der Waals surface area contributed by atoms with Crippen molar-refractivity contribution in [2.45, 2.75) is 40.5 Å². The molecule has 8 heteroatoms. The van der Waals surface area contributed by atoms with Gasteiger partial charge in [-0.15, -0.1) is 0 Å². The van der Waals surface area contributed by atoms with E-state index in [0.717, 1.165) is 9.80 Å². The number of carbonyl (C=O) groups is 4. The van der Waals surface area contributed by atoms with Crippen LogP contribution in [0.5, 0.6) is 0 Å². The molecule has 1 saturated heterocycles. The first-order chi connectivity index (χ1) is 13.2. The Bertz CT molecular complexity index is 668. The van der Waals surface area contributed by atoms with Crippen LogP contribution < -0.4 is 0 Å². The molecule has 0 saturated carbocycles. The maximum Gasteiger partial charge on any atom is 0.333 e. The highest BCUT2D eigenvalue weighted by Crippen LogP contribution is 2.15. The lowest BCUT2D eigenvalue weighted by Crippen LogP contribution is -2.53. The van der Waals surface area contributed by atoms with Crippen molar-refractivity contribution in [1.82, 2.24) is 14.7 Å². The molecule has 0 aromatic heterocycles. The summed E-state index contributed by atoms with van der Waals surface area (Å²) in [5.41, 5.74) is 0.141. The Hall–Kier alpha value is -2.79. The number of Topliss-reactive ketones (excluding diaryl/α,β-unsaturated/α-hetero) is 1. The number of hydrogen-bond donors (Lipinski definition) is 0. The minimum absolute atomic E-state index is 0.199. The number of allylic oxidation sites excluding steroid dienone is 3. The van der Waals surface area contributed by atoms with Gasteiger partial charge in [-0.3, -0.25) is 24.2 Å². The second-order valence-electron chi connectivity index (χ2n) is 6.01. The van der Waals surface area contributed by atoms with Crippen LogP contribution in [0.4, 0.5) is 4.79 Å². The van der Waals surface area contributed by atoms with Crippen LogP contribution in [-0.4, -0.2) is 72.1 Å². The third kappa shape index (κ3) is 6.74. The zero-order valence-electron chi connectivity index (χ0n) is 17.6. The molecule has 8 nitrogen and oxygen atoms in total. The minimum atomic E-state index is -0.720.